The highest BCUT2D eigenvalue weighted by Gasteiger charge is 2.30. The maximum absolute atomic E-state index is 12.1. The van der Waals surface area contributed by atoms with Crippen molar-refractivity contribution in [3.8, 4) is 0 Å². The number of benzene rings is 1. The Bertz CT molecular complexity index is 448. The molecule has 0 heterocycles. The summed E-state index contributed by atoms with van der Waals surface area (Å²) < 4.78 is 36.3. The molecular formula is C11H12ClF3N2O. The molecule has 0 spiro atoms. The number of anilines is 1. The molecule has 1 atom stereocenters. The zero-order chi connectivity index (χ0) is 13.9. The SMILES string of the molecule is CC(CC(F)(F)F)NC(=O)c1cccc(N)c1Cl. The van der Waals surface area contributed by atoms with Crippen LogP contribution in [0.25, 0.3) is 0 Å². The summed E-state index contributed by atoms with van der Waals surface area (Å²) in [6.07, 6.45) is -5.43. The molecule has 7 heteroatoms. The summed E-state index contributed by atoms with van der Waals surface area (Å²) in [5.74, 6) is -0.677. The molecule has 18 heavy (non-hydrogen) atoms. The summed E-state index contributed by atoms with van der Waals surface area (Å²) in [6, 6.07) is 3.37. The number of hydrogen-bond acceptors (Lipinski definition) is 2. The lowest BCUT2D eigenvalue weighted by Crippen LogP contribution is -2.36. The molecule has 3 nitrogen and oxygen atoms in total. The van der Waals surface area contributed by atoms with Gasteiger partial charge in [-0.1, -0.05) is 17.7 Å². The molecule has 0 aliphatic rings. The average Bonchev–Trinajstić information content (AvgIpc) is 2.18. The number of nitrogen functional groups attached to an aromatic ring is 1. The van der Waals surface area contributed by atoms with E-state index in [1.165, 1.54) is 25.1 Å². The molecule has 3 N–H and O–H groups in total. The third-order valence-corrected chi connectivity index (χ3v) is 2.61. The van der Waals surface area contributed by atoms with Crippen LogP contribution in [0.5, 0.6) is 0 Å². The summed E-state index contributed by atoms with van der Waals surface area (Å²) in [5, 5.41) is 2.26. The van der Waals surface area contributed by atoms with Crippen molar-refractivity contribution in [2.45, 2.75) is 25.6 Å². The molecule has 0 saturated carbocycles. The van der Waals surface area contributed by atoms with Gasteiger partial charge in [0.2, 0.25) is 0 Å². The van der Waals surface area contributed by atoms with E-state index in [9.17, 15) is 18.0 Å². The Balaban J connectivity index is 2.74. The van der Waals surface area contributed by atoms with E-state index in [2.05, 4.69) is 5.32 Å². The fourth-order valence-electron chi connectivity index (χ4n) is 1.42. The zero-order valence-corrected chi connectivity index (χ0v) is 10.3. The molecule has 0 fully saturated rings. The maximum Gasteiger partial charge on any atom is 0.391 e. The van der Waals surface area contributed by atoms with Gasteiger partial charge in [-0.3, -0.25) is 4.79 Å². The maximum atomic E-state index is 12.1. The second-order valence-electron chi connectivity index (χ2n) is 3.90. The van der Waals surface area contributed by atoms with Crippen LogP contribution in [-0.2, 0) is 0 Å². The van der Waals surface area contributed by atoms with Gasteiger partial charge in [-0.05, 0) is 19.1 Å². The Kier molecular flexibility index (Phi) is 4.45. The number of nitrogens with two attached hydrogens (primary N) is 1. The molecular weight excluding hydrogens is 269 g/mol. The highest BCUT2D eigenvalue weighted by atomic mass is 35.5. The number of rotatable bonds is 3. The van der Waals surface area contributed by atoms with Gasteiger partial charge in [0.25, 0.3) is 5.91 Å². The molecule has 0 bridgehead atoms. The molecule has 1 aromatic carbocycles. The number of hydrogen-bond donors (Lipinski definition) is 2. The van der Waals surface area contributed by atoms with Crippen LogP contribution in [0.2, 0.25) is 5.02 Å². The van der Waals surface area contributed by atoms with Crippen LogP contribution in [0.15, 0.2) is 18.2 Å². The van der Waals surface area contributed by atoms with Crippen LogP contribution >= 0.6 is 11.6 Å². The highest BCUT2D eigenvalue weighted by Crippen LogP contribution is 2.24. The van der Waals surface area contributed by atoms with Crippen LogP contribution in [0, 0.1) is 0 Å². The van der Waals surface area contributed by atoms with Crippen molar-refractivity contribution in [2.75, 3.05) is 5.73 Å². The molecule has 0 radical (unpaired) electrons. The molecule has 0 aliphatic heterocycles. The first-order valence-corrected chi connectivity index (χ1v) is 5.50. The second kappa shape index (κ2) is 5.48. The number of carbonyl (C=O) groups excluding carboxylic acids is 1. The van der Waals surface area contributed by atoms with Gasteiger partial charge in [0.05, 0.1) is 22.7 Å². The van der Waals surface area contributed by atoms with Crippen molar-refractivity contribution in [3.63, 3.8) is 0 Å². The van der Waals surface area contributed by atoms with Crippen molar-refractivity contribution in [1.82, 2.24) is 5.32 Å². The summed E-state index contributed by atoms with van der Waals surface area (Å²) in [5.41, 5.74) is 5.76. The third-order valence-electron chi connectivity index (χ3n) is 2.19. The Morgan fingerprint density at radius 2 is 2.11 bits per heavy atom. The van der Waals surface area contributed by atoms with Gasteiger partial charge in [-0.15, -0.1) is 0 Å². The van der Waals surface area contributed by atoms with Crippen molar-refractivity contribution in [2.24, 2.45) is 0 Å². The van der Waals surface area contributed by atoms with Gasteiger partial charge in [-0.25, -0.2) is 0 Å². The third kappa shape index (κ3) is 4.10. The Morgan fingerprint density at radius 1 is 1.50 bits per heavy atom. The molecule has 100 valence electrons. The average molecular weight is 281 g/mol. The number of nitrogens with one attached hydrogen (secondary N) is 1. The lowest BCUT2D eigenvalue weighted by Gasteiger charge is -2.16. The molecule has 1 amide bonds. The van der Waals surface area contributed by atoms with Crippen LogP contribution in [-0.4, -0.2) is 18.1 Å². The fourth-order valence-corrected chi connectivity index (χ4v) is 1.64. The Morgan fingerprint density at radius 3 is 2.67 bits per heavy atom. The van der Waals surface area contributed by atoms with Crippen LogP contribution < -0.4 is 11.1 Å². The van der Waals surface area contributed by atoms with E-state index >= 15 is 0 Å². The van der Waals surface area contributed by atoms with Gasteiger partial charge in [0.15, 0.2) is 0 Å². The first-order chi connectivity index (χ1) is 8.20. The molecule has 0 saturated heterocycles. The number of halogens is 4. The lowest BCUT2D eigenvalue weighted by atomic mass is 10.1. The number of amides is 1. The van der Waals surface area contributed by atoms with Crippen molar-refractivity contribution in [1.29, 1.82) is 0 Å². The van der Waals surface area contributed by atoms with E-state index in [-0.39, 0.29) is 16.3 Å². The molecule has 1 rings (SSSR count). The van der Waals surface area contributed by atoms with Crippen molar-refractivity contribution in [3.05, 3.63) is 28.8 Å². The predicted molar refractivity (Wildman–Crippen MR) is 63.5 cm³/mol. The summed E-state index contributed by atoms with van der Waals surface area (Å²) in [7, 11) is 0. The van der Waals surface area contributed by atoms with E-state index in [1.54, 1.807) is 0 Å². The summed E-state index contributed by atoms with van der Waals surface area (Å²) >= 11 is 5.80. The minimum atomic E-state index is -4.33. The fraction of sp³-hybridized carbons (Fsp3) is 0.364. The first kappa shape index (κ1) is 14.6. The Hall–Kier alpha value is -1.43. The largest absolute Gasteiger partial charge is 0.398 e. The summed E-state index contributed by atoms with van der Waals surface area (Å²) in [4.78, 5) is 11.7. The highest BCUT2D eigenvalue weighted by molar-refractivity contribution is 6.36. The van der Waals surface area contributed by atoms with E-state index in [1.807, 2.05) is 0 Å². The van der Waals surface area contributed by atoms with Crippen LogP contribution in [0.3, 0.4) is 0 Å². The van der Waals surface area contributed by atoms with E-state index < -0.39 is 24.5 Å². The molecule has 1 aromatic rings. The smallest absolute Gasteiger partial charge is 0.391 e. The van der Waals surface area contributed by atoms with Gasteiger partial charge in [0, 0.05) is 6.04 Å². The second-order valence-corrected chi connectivity index (χ2v) is 4.28. The van der Waals surface area contributed by atoms with Gasteiger partial charge in [0.1, 0.15) is 0 Å². The molecule has 1 unspecified atom stereocenters. The summed E-state index contributed by atoms with van der Waals surface area (Å²) in [6.45, 7) is 1.27. The van der Waals surface area contributed by atoms with Crippen molar-refractivity contribution >= 4 is 23.2 Å². The topological polar surface area (TPSA) is 55.1 Å². The van der Waals surface area contributed by atoms with E-state index in [4.69, 9.17) is 17.3 Å². The van der Waals surface area contributed by atoms with Gasteiger partial charge < -0.3 is 11.1 Å². The van der Waals surface area contributed by atoms with E-state index in [0.29, 0.717) is 0 Å². The standard InChI is InChI=1S/C11H12ClF3N2O/c1-6(5-11(13,14)15)17-10(18)7-3-2-4-8(16)9(7)12/h2-4,6H,5,16H2,1H3,(H,17,18). The Labute approximate surface area is 107 Å². The molecule has 0 aliphatic carbocycles. The van der Waals surface area contributed by atoms with Crippen LogP contribution in [0.4, 0.5) is 18.9 Å². The van der Waals surface area contributed by atoms with E-state index in [0.717, 1.165) is 0 Å². The quantitative estimate of drug-likeness (QED) is 0.836. The van der Waals surface area contributed by atoms with Gasteiger partial charge >= 0.3 is 6.18 Å². The minimum absolute atomic E-state index is 0.0363. The van der Waals surface area contributed by atoms with Crippen LogP contribution in [0.1, 0.15) is 23.7 Å². The predicted octanol–water partition coefficient (Wildman–Crippen LogP) is 2.99. The van der Waals surface area contributed by atoms with Gasteiger partial charge in [-0.2, -0.15) is 13.2 Å². The number of alkyl halides is 3. The monoisotopic (exact) mass is 280 g/mol. The van der Waals surface area contributed by atoms with Crippen molar-refractivity contribution < 1.29 is 18.0 Å². The minimum Gasteiger partial charge on any atom is -0.398 e. The normalized spacial score (nSPS) is 13.2. The lowest BCUT2D eigenvalue weighted by molar-refractivity contribution is -0.138. The zero-order valence-electron chi connectivity index (χ0n) is 9.51. The number of carbonyl (C=O) groups is 1. The first-order valence-electron chi connectivity index (χ1n) is 5.12. The molecule has 0 aromatic heterocycles.